The molecule has 1 amide bonds. The number of amides is 1. The van der Waals surface area contributed by atoms with Crippen LogP contribution in [-0.2, 0) is 4.79 Å². The molecule has 0 atom stereocenters. The summed E-state index contributed by atoms with van der Waals surface area (Å²) in [4.78, 5) is 10.7. The number of hydrogen-bond acceptors (Lipinski definition) is 1. The summed E-state index contributed by atoms with van der Waals surface area (Å²) in [6, 6.07) is 2.28. The summed E-state index contributed by atoms with van der Waals surface area (Å²) in [5.41, 5.74) is -1.20. The highest BCUT2D eigenvalue weighted by Gasteiger charge is 2.49. The van der Waals surface area contributed by atoms with Crippen LogP contribution < -0.4 is 5.32 Å². The fourth-order valence-corrected chi connectivity index (χ4v) is 0.913. The molecule has 0 aliphatic heterocycles. The Morgan fingerprint density at radius 2 is 1.65 bits per heavy atom. The van der Waals surface area contributed by atoms with Gasteiger partial charge >= 0.3 is 18.3 Å². The molecule has 0 heterocycles. The number of anilines is 1. The van der Waals surface area contributed by atoms with Crippen LogP contribution in [0.2, 0.25) is 0 Å². The molecule has 17 heavy (non-hydrogen) atoms. The van der Waals surface area contributed by atoms with Crippen LogP contribution in [0.25, 0.3) is 0 Å². The van der Waals surface area contributed by atoms with Gasteiger partial charge in [0.25, 0.3) is 0 Å². The van der Waals surface area contributed by atoms with E-state index in [0.29, 0.717) is 12.1 Å². The Bertz CT molecular complexity index is 413. The summed E-state index contributed by atoms with van der Waals surface area (Å²) in [6.07, 6.45) is -4.27. The van der Waals surface area contributed by atoms with E-state index in [0.717, 1.165) is 11.4 Å². The summed E-state index contributed by atoms with van der Waals surface area (Å²) in [5, 5.41) is 1.08. The molecular formula is C9H5F6NO. The molecule has 1 rings (SSSR count). The van der Waals surface area contributed by atoms with Crippen molar-refractivity contribution in [2.24, 2.45) is 0 Å². The average Bonchev–Trinajstić information content (AvgIpc) is 2.23. The van der Waals surface area contributed by atoms with Gasteiger partial charge in [-0.1, -0.05) is 6.07 Å². The van der Waals surface area contributed by atoms with E-state index in [1.807, 2.05) is 0 Å². The standard InChI is InChI=1S/C9H5F6NO/c10-4-2-1-3-5(11)6(4)16-8(17)9(14,15)7(12)13/h1-3,7H,(H,16,17). The third-order valence-corrected chi connectivity index (χ3v) is 1.78. The number of carbonyl (C=O) groups is 1. The molecule has 0 fully saturated rings. The van der Waals surface area contributed by atoms with Gasteiger partial charge in [0, 0.05) is 0 Å². The van der Waals surface area contributed by atoms with Gasteiger partial charge in [-0.3, -0.25) is 4.79 Å². The van der Waals surface area contributed by atoms with Crippen LogP contribution in [0, 0.1) is 11.6 Å². The maximum absolute atomic E-state index is 12.9. The Balaban J connectivity index is 2.96. The summed E-state index contributed by atoms with van der Waals surface area (Å²) >= 11 is 0. The van der Waals surface area contributed by atoms with Crippen LogP contribution in [0.3, 0.4) is 0 Å². The van der Waals surface area contributed by atoms with E-state index in [-0.39, 0.29) is 0 Å². The maximum Gasteiger partial charge on any atom is 0.383 e. The second-order valence-corrected chi connectivity index (χ2v) is 2.97. The number of carbonyl (C=O) groups excluding carboxylic acids is 1. The molecule has 0 aliphatic carbocycles. The first-order chi connectivity index (χ1) is 7.76. The van der Waals surface area contributed by atoms with Crippen LogP contribution in [0.5, 0.6) is 0 Å². The molecule has 2 nitrogen and oxygen atoms in total. The van der Waals surface area contributed by atoms with E-state index < -0.39 is 35.6 Å². The molecule has 1 aromatic rings. The van der Waals surface area contributed by atoms with Crippen molar-refractivity contribution < 1.29 is 31.1 Å². The van der Waals surface area contributed by atoms with Gasteiger partial charge in [0.1, 0.15) is 17.3 Å². The molecule has 1 N–H and O–H groups in total. The number of rotatable bonds is 3. The summed E-state index contributed by atoms with van der Waals surface area (Å²) < 4.78 is 74.3. The van der Waals surface area contributed by atoms with Crippen molar-refractivity contribution in [1.29, 1.82) is 0 Å². The van der Waals surface area contributed by atoms with Crippen LogP contribution >= 0.6 is 0 Å². The first kappa shape index (κ1) is 13.3. The van der Waals surface area contributed by atoms with E-state index >= 15 is 0 Å². The molecule has 0 bridgehead atoms. The molecule has 0 aromatic heterocycles. The van der Waals surface area contributed by atoms with Crippen LogP contribution in [0.1, 0.15) is 0 Å². The predicted octanol–water partition coefficient (Wildman–Crippen LogP) is 2.80. The Labute approximate surface area is 91.2 Å². The van der Waals surface area contributed by atoms with Crippen LogP contribution in [0.15, 0.2) is 18.2 Å². The second-order valence-electron chi connectivity index (χ2n) is 2.97. The van der Waals surface area contributed by atoms with Gasteiger partial charge in [-0.2, -0.15) is 8.78 Å². The normalized spacial score (nSPS) is 11.7. The molecule has 0 radical (unpaired) electrons. The average molecular weight is 257 g/mol. The van der Waals surface area contributed by atoms with E-state index in [9.17, 15) is 31.1 Å². The molecule has 1 aromatic carbocycles. The third-order valence-electron chi connectivity index (χ3n) is 1.78. The van der Waals surface area contributed by atoms with Crippen molar-refractivity contribution in [2.75, 3.05) is 5.32 Å². The fraction of sp³-hybridized carbons (Fsp3) is 0.222. The quantitative estimate of drug-likeness (QED) is 0.829. The minimum Gasteiger partial charge on any atom is -0.316 e. The number of hydrogen-bond donors (Lipinski definition) is 1. The summed E-state index contributed by atoms with van der Waals surface area (Å²) in [7, 11) is 0. The molecule has 94 valence electrons. The first-order valence-corrected chi connectivity index (χ1v) is 4.18. The number of para-hydroxylation sites is 1. The van der Waals surface area contributed by atoms with Gasteiger partial charge in [-0.05, 0) is 12.1 Å². The number of halogens is 6. The minimum atomic E-state index is -5.02. The smallest absolute Gasteiger partial charge is 0.316 e. The first-order valence-electron chi connectivity index (χ1n) is 4.18. The highest BCUT2D eigenvalue weighted by atomic mass is 19.3. The largest absolute Gasteiger partial charge is 0.383 e. The SMILES string of the molecule is O=C(Nc1c(F)cccc1F)C(F)(F)C(F)F. The fourth-order valence-electron chi connectivity index (χ4n) is 0.913. The number of benzene rings is 1. The summed E-state index contributed by atoms with van der Waals surface area (Å²) in [6.45, 7) is 0. The van der Waals surface area contributed by atoms with Crippen molar-refractivity contribution in [3.05, 3.63) is 29.8 Å². The maximum atomic E-state index is 12.9. The van der Waals surface area contributed by atoms with Gasteiger partial charge in [-0.15, -0.1) is 0 Å². The van der Waals surface area contributed by atoms with Gasteiger partial charge in [-0.25, -0.2) is 17.6 Å². The lowest BCUT2D eigenvalue weighted by atomic mass is 10.2. The lowest BCUT2D eigenvalue weighted by Crippen LogP contribution is -2.41. The van der Waals surface area contributed by atoms with Crippen molar-refractivity contribution >= 4 is 11.6 Å². The number of alkyl halides is 4. The molecule has 0 spiro atoms. The van der Waals surface area contributed by atoms with Gasteiger partial charge < -0.3 is 5.32 Å². The van der Waals surface area contributed by atoms with Crippen molar-refractivity contribution in [3.8, 4) is 0 Å². The molecule has 0 saturated carbocycles. The molecule has 0 aliphatic rings. The predicted molar refractivity (Wildman–Crippen MR) is 45.9 cm³/mol. The van der Waals surface area contributed by atoms with E-state index in [1.54, 1.807) is 0 Å². The van der Waals surface area contributed by atoms with Crippen LogP contribution in [-0.4, -0.2) is 18.3 Å². The molecule has 0 unspecified atom stereocenters. The van der Waals surface area contributed by atoms with Gasteiger partial charge in [0.05, 0.1) is 0 Å². The Morgan fingerprint density at radius 1 is 1.18 bits per heavy atom. The number of nitrogens with one attached hydrogen (secondary N) is 1. The highest BCUT2D eigenvalue weighted by molar-refractivity contribution is 5.96. The second kappa shape index (κ2) is 4.64. The Morgan fingerprint density at radius 3 is 2.06 bits per heavy atom. The topological polar surface area (TPSA) is 29.1 Å². The van der Waals surface area contributed by atoms with Gasteiger partial charge in [0.2, 0.25) is 0 Å². The third kappa shape index (κ3) is 2.69. The zero-order valence-corrected chi connectivity index (χ0v) is 7.99. The highest BCUT2D eigenvalue weighted by Crippen LogP contribution is 2.26. The molecule has 0 saturated heterocycles. The van der Waals surface area contributed by atoms with E-state index in [2.05, 4.69) is 0 Å². The Kier molecular flexibility index (Phi) is 3.64. The van der Waals surface area contributed by atoms with Crippen molar-refractivity contribution in [1.82, 2.24) is 0 Å². The zero-order chi connectivity index (χ0) is 13.2. The van der Waals surface area contributed by atoms with Gasteiger partial charge in [0.15, 0.2) is 0 Å². The molecule has 8 heteroatoms. The van der Waals surface area contributed by atoms with E-state index in [4.69, 9.17) is 0 Å². The monoisotopic (exact) mass is 257 g/mol. The Hall–Kier alpha value is -1.73. The summed E-state index contributed by atoms with van der Waals surface area (Å²) in [5.74, 6) is -10.2. The molecular weight excluding hydrogens is 252 g/mol. The van der Waals surface area contributed by atoms with Crippen LogP contribution in [0.4, 0.5) is 32.0 Å². The lowest BCUT2D eigenvalue weighted by molar-refractivity contribution is -0.163. The van der Waals surface area contributed by atoms with Crippen molar-refractivity contribution in [3.63, 3.8) is 0 Å². The van der Waals surface area contributed by atoms with Crippen molar-refractivity contribution in [2.45, 2.75) is 12.3 Å². The zero-order valence-electron chi connectivity index (χ0n) is 7.99. The minimum absolute atomic E-state index is 0.680. The lowest BCUT2D eigenvalue weighted by Gasteiger charge is -2.15. The van der Waals surface area contributed by atoms with E-state index in [1.165, 1.54) is 0 Å².